The van der Waals surface area contributed by atoms with Crippen LogP contribution in [0.15, 0.2) is 47.4 Å². The molecule has 0 aromatic heterocycles. The minimum Gasteiger partial charge on any atom is -0.496 e. The first-order valence-electron chi connectivity index (χ1n) is 6.63. The predicted octanol–water partition coefficient (Wildman–Crippen LogP) is 2.79. The summed E-state index contributed by atoms with van der Waals surface area (Å²) in [5, 5.41) is 0. The summed E-state index contributed by atoms with van der Waals surface area (Å²) in [5.74, 6) is 0.697. The van der Waals surface area contributed by atoms with Gasteiger partial charge in [0, 0.05) is 12.1 Å². The van der Waals surface area contributed by atoms with Crippen molar-refractivity contribution >= 4 is 10.0 Å². The topological polar surface area (TPSA) is 55.4 Å². The van der Waals surface area contributed by atoms with Crippen molar-refractivity contribution in [2.75, 3.05) is 7.11 Å². The second-order valence-electron chi connectivity index (χ2n) is 4.90. The van der Waals surface area contributed by atoms with Crippen LogP contribution in [0.4, 0.5) is 0 Å². The van der Waals surface area contributed by atoms with E-state index in [0.717, 1.165) is 16.7 Å². The van der Waals surface area contributed by atoms with Crippen molar-refractivity contribution in [1.82, 2.24) is 4.72 Å². The van der Waals surface area contributed by atoms with Crippen molar-refractivity contribution in [3.63, 3.8) is 0 Å². The maximum atomic E-state index is 12.2. The minimum absolute atomic E-state index is 0.201. The Balaban J connectivity index is 2.25. The minimum atomic E-state index is -3.52. The van der Waals surface area contributed by atoms with Crippen LogP contribution in [0.1, 0.15) is 16.7 Å². The number of nitrogens with one attached hydrogen (secondary N) is 1. The van der Waals surface area contributed by atoms with Gasteiger partial charge in [-0.15, -0.1) is 0 Å². The summed E-state index contributed by atoms with van der Waals surface area (Å²) >= 11 is 0. The van der Waals surface area contributed by atoms with Crippen molar-refractivity contribution in [3.8, 4) is 5.75 Å². The maximum Gasteiger partial charge on any atom is 0.240 e. The third kappa shape index (κ3) is 3.62. The fourth-order valence-electron chi connectivity index (χ4n) is 2.22. The number of ether oxygens (including phenoxy) is 1. The van der Waals surface area contributed by atoms with E-state index in [-0.39, 0.29) is 11.4 Å². The van der Waals surface area contributed by atoms with Gasteiger partial charge in [-0.3, -0.25) is 0 Å². The smallest absolute Gasteiger partial charge is 0.240 e. The summed E-state index contributed by atoms with van der Waals surface area (Å²) < 4.78 is 32.4. The number of benzene rings is 2. The van der Waals surface area contributed by atoms with Crippen LogP contribution in [-0.2, 0) is 16.6 Å². The number of rotatable bonds is 5. The van der Waals surface area contributed by atoms with E-state index in [9.17, 15) is 8.42 Å². The molecule has 21 heavy (non-hydrogen) atoms. The van der Waals surface area contributed by atoms with Crippen molar-refractivity contribution in [2.24, 2.45) is 0 Å². The van der Waals surface area contributed by atoms with Crippen LogP contribution < -0.4 is 9.46 Å². The first-order chi connectivity index (χ1) is 9.94. The first kappa shape index (κ1) is 15.5. The van der Waals surface area contributed by atoms with Gasteiger partial charge in [0.25, 0.3) is 0 Å². The molecule has 5 heteroatoms. The number of hydrogen-bond donors (Lipinski definition) is 1. The van der Waals surface area contributed by atoms with E-state index in [1.807, 2.05) is 26.0 Å². The molecule has 0 spiro atoms. The van der Waals surface area contributed by atoms with Crippen LogP contribution in [0.25, 0.3) is 0 Å². The summed E-state index contributed by atoms with van der Waals surface area (Å²) in [6.07, 6.45) is 0. The molecule has 0 radical (unpaired) electrons. The van der Waals surface area contributed by atoms with Gasteiger partial charge in [-0.1, -0.05) is 24.3 Å². The van der Waals surface area contributed by atoms with Crippen molar-refractivity contribution < 1.29 is 13.2 Å². The van der Waals surface area contributed by atoms with Gasteiger partial charge in [-0.05, 0) is 43.2 Å². The van der Waals surface area contributed by atoms with Gasteiger partial charge in [-0.2, -0.15) is 0 Å². The van der Waals surface area contributed by atoms with Crippen LogP contribution in [0, 0.1) is 13.8 Å². The molecular formula is C16H19NO3S. The normalized spacial score (nSPS) is 11.4. The third-order valence-corrected chi connectivity index (χ3v) is 4.71. The van der Waals surface area contributed by atoms with Gasteiger partial charge in [0.1, 0.15) is 5.75 Å². The van der Waals surface area contributed by atoms with E-state index in [1.54, 1.807) is 37.4 Å². The quantitative estimate of drug-likeness (QED) is 0.924. The number of sulfonamides is 1. The fourth-order valence-corrected chi connectivity index (χ4v) is 3.23. The SMILES string of the molecule is COc1cc(C)cc(C)c1CNS(=O)(=O)c1ccccc1. The van der Waals surface area contributed by atoms with E-state index in [0.29, 0.717) is 5.75 Å². The molecule has 112 valence electrons. The zero-order chi connectivity index (χ0) is 15.5. The Hall–Kier alpha value is -1.85. The molecular weight excluding hydrogens is 286 g/mol. The number of aryl methyl sites for hydroxylation is 2. The Bertz CT molecular complexity index is 725. The van der Waals surface area contributed by atoms with E-state index in [1.165, 1.54) is 0 Å². The van der Waals surface area contributed by atoms with Crippen molar-refractivity contribution in [1.29, 1.82) is 0 Å². The van der Waals surface area contributed by atoms with Gasteiger partial charge in [0.15, 0.2) is 0 Å². The monoisotopic (exact) mass is 305 g/mol. The first-order valence-corrected chi connectivity index (χ1v) is 8.11. The average Bonchev–Trinajstić information content (AvgIpc) is 2.46. The maximum absolute atomic E-state index is 12.2. The van der Waals surface area contributed by atoms with Crippen molar-refractivity contribution in [3.05, 3.63) is 59.2 Å². The molecule has 0 unspecified atom stereocenters. The van der Waals surface area contributed by atoms with Gasteiger partial charge < -0.3 is 4.74 Å². The molecule has 2 aromatic rings. The van der Waals surface area contributed by atoms with Crippen LogP contribution in [0.5, 0.6) is 5.75 Å². The van der Waals surface area contributed by atoms with Gasteiger partial charge in [0.2, 0.25) is 10.0 Å². The molecule has 1 N–H and O–H groups in total. The van der Waals surface area contributed by atoms with Crippen LogP contribution >= 0.6 is 0 Å². The number of hydrogen-bond acceptors (Lipinski definition) is 3. The second kappa shape index (κ2) is 6.28. The lowest BCUT2D eigenvalue weighted by Gasteiger charge is -2.14. The summed E-state index contributed by atoms with van der Waals surface area (Å²) in [6, 6.07) is 12.2. The summed E-state index contributed by atoms with van der Waals surface area (Å²) in [4.78, 5) is 0.258. The predicted molar refractivity (Wildman–Crippen MR) is 82.9 cm³/mol. The highest BCUT2D eigenvalue weighted by molar-refractivity contribution is 7.89. The third-order valence-electron chi connectivity index (χ3n) is 3.29. The lowest BCUT2D eigenvalue weighted by molar-refractivity contribution is 0.408. The van der Waals surface area contributed by atoms with Crippen molar-refractivity contribution in [2.45, 2.75) is 25.3 Å². The molecule has 2 aromatic carbocycles. The molecule has 0 bridgehead atoms. The molecule has 2 rings (SSSR count). The molecule has 0 fully saturated rings. The standard InChI is InChI=1S/C16H19NO3S/c1-12-9-13(2)15(16(10-12)20-3)11-17-21(18,19)14-7-5-4-6-8-14/h4-10,17H,11H2,1-3H3. The molecule has 0 aliphatic carbocycles. The molecule has 0 aliphatic heterocycles. The highest BCUT2D eigenvalue weighted by Crippen LogP contribution is 2.24. The van der Waals surface area contributed by atoms with Crippen LogP contribution in [-0.4, -0.2) is 15.5 Å². The number of methoxy groups -OCH3 is 1. The Morgan fingerprint density at radius 1 is 1.10 bits per heavy atom. The highest BCUT2D eigenvalue weighted by atomic mass is 32.2. The second-order valence-corrected chi connectivity index (χ2v) is 6.67. The molecule has 0 aliphatic rings. The Kier molecular flexibility index (Phi) is 4.65. The Labute approximate surface area is 125 Å². The Morgan fingerprint density at radius 3 is 2.38 bits per heavy atom. The van der Waals surface area contributed by atoms with Gasteiger partial charge in [-0.25, -0.2) is 13.1 Å². The summed E-state index contributed by atoms with van der Waals surface area (Å²) in [7, 11) is -1.93. The lowest BCUT2D eigenvalue weighted by atomic mass is 10.0. The molecule has 0 atom stereocenters. The van der Waals surface area contributed by atoms with Gasteiger partial charge >= 0.3 is 0 Å². The van der Waals surface area contributed by atoms with E-state index in [2.05, 4.69) is 4.72 Å². The molecule has 0 saturated carbocycles. The molecule has 0 heterocycles. The fraction of sp³-hybridized carbons (Fsp3) is 0.250. The summed E-state index contributed by atoms with van der Waals surface area (Å²) in [5.41, 5.74) is 2.93. The van der Waals surface area contributed by atoms with E-state index < -0.39 is 10.0 Å². The molecule has 0 saturated heterocycles. The molecule has 0 amide bonds. The van der Waals surface area contributed by atoms with Crippen LogP contribution in [0.3, 0.4) is 0 Å². The zero-order valence-corrected chi connectivity index (χ0v) is 13.2. The van der Waals surface area contributed by atoms with E-state index in [4.69, 9.17) is 4.74 Å². The largest absolute Gasteiger partial charge is 0.496 e. The van der Waals surface area contributed by atoms with Crippen LogP contribution in [0.2, 0.25) is 0 Å². The summed E-state index contributed by atoms with van der Waals surface area (Å²) in [6.45, 7) is 4.13. The van der Waals surface area contributed by atoms with Gasteiger partial charge in [0.05, 0.1) is 12.0 Å². The lowest BCUT2D eigenvalue weighted by Crippen LogP contribution is -2.24. The van der Waals surface area contributed by atoms with E-state index >= 15 is 0 Å². The highest BCUT2D eigenvalue weighted by Gasteiger charge is 2.15. The Morgan fingerprint density at radius 2 is 1.76 bits per heavy atom. The molecule has 4 nitrogen and oxygen atoms in total. The average molecular weight is 305 g/mol. The zero-order valence-electron chi connectivity index (χ0n) is 12.4.